The minimum Gasteiger partial charge on any atom is -0.312 e. The fraction of sp³-hybridized carbons (Fsp3) is 0.364. The third kappa shape index (κ3) is 3.76. The summed E-state index contributed by atoms with van der Waals surface area (Å²) in [6.45, 7) is 0.0147. The van der Waals surface area contributed by atoms with Gasteiger partial charge in [-0.15, -0.1) is 3.89 Å². The number of nitro groups is 1. The molecule has 1 amide bonds. The van der Waals surface area contributed by atoms with E-state index in [0.717, 1.165) is 0 Å². The number of benzene rings is 1. The first-order valence-electron chi connectivity index (χ1n) is 5.84. The van der Waals surface area contributed by atoms with Crippen molar-refractivity contribution in [2.24, 2.45) is 5.92 Å². The molecule has 1 aliphatic rings. The molecule has 114 valence electrons. The van der Waals surface area contributed by atoms with Gasteiger partial charge in [-0.3, -0.25) is 14.9 Å². The largest absolute Gasteiger partial charge is 0.312 e. The number of carbonyl (C=O) groups excluding carboxylic acids is 1. The molecular weight excluding hydrogens is 371 g/mol. The monoisotopic (exact) mass is 380 g/mol. The van der Waals surface area contributed by atoms with Crippen molar-refractivity contribution in [1.29, 1.82) is 0 Å². The van der Waals surface area contributed by atoms with Crippen molar-refractivity contribution in [2.75, 3.05) is 17.2 Å². The Labute approximate surface area is 128 Å². The lowest BCUT2D eigenvalue weighted by Crippen LogP contribution is -2.25. The van der Waals surface area contributed by atoms with Crippen LogP contribution in [0.5, 0.6) is 0 Å². The average molecular weight is 381 g/mol. The molecule has 1 fully saturated rings. The Hall–Kier alpha value is -1.55. The van der Waals surface area contributed by atoms with Crippen LogP contribution >= 0.6 is 15.9 Å². The third-order valence-electron chi connectivity index (χ3n) is 3.08. The molecule has 0 aliphatic carbocycles. The molecule has 0 N–H and O–H groups in total. The Kier molecular flexibility index (Phi) is 4.28. The average Bonchev–Trinajstić information content (AvgIpc) is 2.68. The van der Waals surface area contributed by atoms with E-state index in [-0.39, 0.29) is 34.7 Å². The molecule has 1 atom stereocenters. The molecule has 0 spiro atoms. The maximum absolute atomic E-state index is 12.7. The summed E-state index contributed by atoms with van der Waals surface area (Å²) in [7, 11) is -4.66. The van der Waals surface area contributed by atoms with Gasteiger partial charge in [-0.2, -0.15) is 8.42 Å². The Morgan fingerprint density at radius 3 is 2.71 bits per heavy atom. The first kappa shape index (κ1) is 15.8. The second-order valence-electron chi connectivity index (χ2n) is 4.67. The molecule has 0 saturated carbocycles. The van der Waals surface area contributed by atoms with Crippen molar-refractivity contribution in [3.63, 3.8) is 0 Å². The lowest BCUT2D eigenvalue weighted by molar-refractivity contribution is -0.385. The van der Waals surface area contributed by atoms with Crippen LogP contribution in [0, 0.1) is 16.0 Å². The van der Waals surface area contributed by atoms with Crippen LogP contribution in [-0.4, -0.2) is 31.5 Å². The van der Waals surface area contributed by atoms with Crippen LogP contribution in [0.1, 0.15) is 6.42 Å². The number of halogens is 2. The molecular formula is C11H10BrFN2O5S. The van der Waals surface area contributed by atoms with Crippen molar-refractivity contribution in [3.05, 3.63) is 32.8 Å². The second kappa shape index (κ2) is 5.68. The van der Waals surface area contributed by atoms with Gasteiger partial charge in [0.05, 0.1) is 20.8 Å². The number of hydrogen-bond acceptors (Lipinski definition) is 5. The summed E-state index contributed by atoms with van der Waals surface area (Å²) in [6, 6.07) is 4.15. The van der Waals surface area contributed by atoms with Crippen LogP contribution in [0.2, 0.25) is 0 Å². The highest BCUT2D eigenvalue weighted by Gasteiger charge is 2.34. The lowest BCUT2D eigenvalue weighted by Gasteiger charge is -2.16. The van der Waals surface area contributed by atoms with Crippen LogP contribution < -0.4 is 4.90 Å². The van der Waals surface area contributed by atoms with Crippen molar-refractivity contribution in [3.8, 4) is 0 Å². The summed E-state index contributed by atoms with van der Waals surface area (Å²) in [4.78, 5) is 23.4. The van der Waals surface area contributed by atoms with E-state index >= 15 is 0 Å². The quantitative estimate of drug-likeness (QED) is 0.452. The van der Waals surface area contributed by atoms with E-state index in [2.05, 4.69) is 15.9 Å². The first-order valence-corrected chi connectivity index (χ1v) is 8.18. The van der Waals surface area contributed by atoms with Gasteiger partial charge in [0.15, 0.2) is 0 Å². The van der Waals surface area contributed by atoms with Crippen molar-refractivity contribution in [2.45, 2.75) is 6.42 Å². The Morgan fingerprint density at radius 1 is 1.48 bits per heavy atom. The Balaban J connectivity index is 2.25. The number of anilines is 1. The molecule has 1 aromatic carbocycles. The van der Waals surface area contributed by atoms with E-state index < -0.39 is 26.8 Å². The van der Waals surface area contributed by atoms with E-state index in [1.165, 1.54) is 23.1 Å². The molecule has 0 radical (unpaired) electrons. The number of rotatable bonds is 4. The molecule has 2 rings (SSSR count). The van der Waals surface area contributed by atoms with Crippen molar-refractivity contribution in [1.82, 2.24) is 0 Å². The Morgan fingerprint density at radius 2 is 2.14 bits per heavy atom. The molecule has 1 heterocycles. The summed E-state index contributed by atoms with van der Waals surface area (Å²) < 4.78 is 34.2. The Bertz CT molecular complexity index is 709. The fourth-order valence-electron chi connectivity index (χ4n) is 2.23. The smallest absolute Gasteiger partial charge is 0.302 e. The van der Waals surface area contributed by atoms with Crippen LogP contribution in [0.3, 0.4) is 0 Å². The zero-order valence-electron chi connectivity index (χ0n) is 10.5. The zero-order chi connectivity index (χ0) is 15.8. The van der Waals surface area contributed by atoms with Gasteiger partial charge in [-0.1, -0.05) is 0 Å². The van der Waals surface area contributed by atoms with Gasteiger partial charge in [0.2, 0.25) is 5.91 Å². The molecule has 1 saturated heterocycles. The van der Waals surface area contributed by atoms with Crippen LogP contribution in [0.15, 0.2) is 22.7 Å². The SMILES string of the molecule is O=C1CC(CS(=O)(=O)F)CN1c1ccc(Br)c([N+](=O)[O-])c1. The summed E-state index contributed by atoms with van der Waals surface area (Å²) in [5.74, 6) is -1.77. The summed E-state index contributed by atoms with van der Waals surface area (Å²) in [5, 5.41) is 10.9. The zero-order valence-corrected chi connectivity index (χ0v) is 12.9. The predicted molar refractivity (Wildman–Crippen MR) is 76.2 cm³/mol. The van der Waals surface area contributed by atoms with E-state index in [1.54, 1.807) is 0 Å². The van der Waals surface area contributed by atoms with Gasteiger partial charge in [0.1, 0.15) is 0 Å². The molecule has 1 aromatic rings. The molecule has 21 heavy (non-hydrogen) atoms. The number of nitro benzene ring substituents is 1. The van der Waals surface area contributed by atoms with E-state index in [0.29, 0.717) is 0 Å². The molecule has 1 unspecified atom stereocenters. The lowest BCUT2D eigenvalue weighted by atomic mass is 10.1. The van der Waals surface area contributed by atoms with Gasteiger partial charge >= 0.3 is 10.2 Å². The van der Waals surface area contributed by atoms with Gasteiger partial charge in [-0.05, 0) is 28.1 Å². The van der Waals surface area contributed by atoms with Crippen LogP contribution in [-0.2, 0) is 15.0 Å². The topological polar surface area (TPSA) is 97.6 Å². The highest BCUT2D eigenvalue weighted by Crippen LogP contribution is 2.32. The minimum atomic E-state index is -4.66. The van der Waals surface area contributed by atoms with Gasteiger partial charge in [0, 0.05) is 24.9 Å². The summed E-state index contributed by atoms with van der Waals surface area (Å²) >= 11 is 3.03. The normalized spacial score (nSPS) is 19.0. The van der Waals surface area contributed by atoms with E-state index in [1.807, 2.05) is 0 Å². The van der Waals surface area contributed by atoms with Crippen LogP contribution in [0.25, 0.3) is 0 Å². The summed E-state index contributed by atoms with van der Waals surface area (Å²) in [5.41, 5.74) is 0.0792. The summed E-state index contributed by atoms with van der Waals surface area (Å²) in [6.07, 6.45) is -0.104. The number of carbonyl (C=O) groups is 1. The van der Waals surface area contributed by atoms with Gasteiger partial charge in [-0.25, -0.2) is 0 Å². The second-order valence-corrected chi connectivity index (χ2v) is 6.94. The van der Waals surface area contributed by atoms with Gasteiger partial charge < -0.3 is 4.90 Å². The maximum atomic E-state index is 12.7. The number of hydrogen-bond donors (Lipinski definition) is 0. The standard InChI is InChI=1S/C11H10BrFN2O5S/c12-9-2-1-8(4-10(9)15(17)18)14-5-7(3-11(14)16)6-21(13,19)20/h1-2,4,7H,3,5-6H2. The predicted octanol–water partition coefficient (Wildman–Crippen LogP) is 2.01. The van der Waals surface area contributed by atoms with E-state index in [4.69, 9.17) is 0 Å². The highest BCUT2D eigenvalue weighted by atomic mass is 79.9. The molecule has 1 aliphatic heterocycles. The van der Waals surface area contributed by atoms with E-state index in [9.17, 15) is 27.2 Å². The van der Waals surface area contributed by atoms with Gasteiger partial charge in [0.25, 0.3) is 5.69 Å². The molecule has 0 aromatic heterocycles. The molecule has 7 nitrogen and oxygen atoms in total. The molecule has 10 heteroatoms. The highest BCUT2D eigenvalue weighted by molar-refractivity contribution is 9.10. The minimum absolute atomic E-state index is 0.0147. The number of amides is 1. The number of nitrogens with zero attached hydrogens (tertiary/aromatic N) is 2. The third-order valence-corrected chi connectivity index (χ3v) is 4.62. The van der Waals surface area contributed by atoms with Crippen molar-refractivity contribution >= 4 is 43.4 Å². The fourth-order valence-corrected chi connectivity index (χ4v) is 3.41. The van der Waals surface area contributed by atoms with Crippen LogP contribution in [0.4, 0.5) is 15.3 Å². The van der Waals surface area contributed by atoms with Crippen molar-refractivity contribution < 1.29 is 22.0 Å². The maximum Gasteiger partial charge on any atom is 0.302 e. The first-order chi connectivity index (χ1) is 9.67. The molecule has 0 bridgehead atoms.